The average Bonchev–Trinajstić information content (AvgIpc) is 2.01. The molecule has 5 N–H and O–H groups in total. The summed E-state index contributed by atoms with van der Waals surface area (Å²) in [6.45, 7) is 2.61. The van der Waals surface area contributed by atoms with Gasteiger partial charge < -0.3 is 26.2 Å². The number of rotatable bonds is 5. The van der Waals surface area contributed by atoms with Crippen LogP contribution in [-0.4, -0.2) is 66.6 Å². The molecule has 0 aromatic heterocycles. The molecular weight excluding hydrogens is 170 g/mol. The van der Waals surface area contributed by atoms with Gasteiger partial charge in [-0.25, -0.2) is 0 Å². The first-order valence-electron chi connectivity index (χ1n) is 4.55. The Bertz CT molecular complexity index is 159. The molecule has 1 fully saturated rings. The van der Waals surface area contributed by atoms with Crippen molar-refractivity contribution in [3.05, 3.63) is 0 Å². The zero-order chi connectivity index (χ0) is 9.90. The first kappa shape index (κ1) is 10.9. The number of β-amino-alcohol motifs (C(OH)–C–C–N with tert-alkyl or cyclic N) is 1. The molecule has 1 rings (SSSR count). The number of hydrogen-bond donors (Lipinski definition) is 4. The number of hydrogen-bond acceptors (Lipinski definition) is 5. The Hall–Kier alpha value is -0.200. The van der Waals surface area contributed by atoms with E-state index in [0.29, 0.717) is 26.2 Å². The van der Waals surface area contributed by atoms with E-state index in [2.05, 4.69) is 5.32 Å². The van der Waals surface area contributed by atoms with Gasteiger partial charge in [-0.3, -0.25) is 0 Å². The van der Waals surface area contributed by atoms with Crippen LogP contribution in [-0.2, 0) is 0 Å². The van der Waals surface area contributed by atoms with Gasteiger partial charge in [-0.1, -0.05) is 0 Å². The van der Waals surface area contributed by atoms with E-state index in [0.717, 1.165) is 0 Å². The molecule has 5 heteroatoms. The van der Waals surface area contributed by atoms with Crippen molar-refractivity contribution in [3.63, 3.8) is 0 Å². The lowest BCUT2D eigenvalue weighted by molar-refractivity contribution is -0.0839. The highest BCUT2D eigenvalue weighted by Gasteiger charge is 2.38. The summed E-state index contributed by atoms with van der Waals surface area (Å²) in [5.74, 6) is 0. The fourth-order valence-electron chi connectivity index (χ4n) is 1.63. The maximum atomic E-state index is 9.75. The van der Waals surface area contributed by atoms with E-state index in [1.165, 1.54) is 0 Å². The second kappa shape index (κ2) is 4.34. The maximum absolute atomic E-state index is 9.75. The van der Waals surface area contributed by atoms with Crippen molar-refractivity contribution in [2.24, 2.45) is 5.73 Å². The molecule has 0 aromatic carbocycles. The number of nitrogens with one attached hydrogen (secondary N) is 1. The fourth-order valence-corrected chi connectivity index (χ4v) is 1.63. The molecule has 1 unspecified atom stereocenters. The molecule has 0 spiro atoms. The average molecular weight is 189 g/mol. The molecule has 0 saturated carbocycles. The molecule has 5 nitrogen and oxygen atoms in total. The first-order chi connectivity index (χ1) is 6.06. The Morgan fingerprint density at radius 3 is 2.69 bits per heavy atom. The SMILES string of the molecule is CN1CC(O)(CNCC(O)CN)C1. The van der Waals surface area contributed by atoms with Crippen LogP contribution in [0.4, 0.5) is 0 Å². The third-order valence-corrected chi connectivity index (χ3v) is 2.23. The van der Waals surface area contributed by atoms with E-state index in [1.807, 2.05) is 11.9 Å². The van der Waals surface area contributed by atoms with Gasteiger partial charge in [-0.15, -0.1) is 0 Å². The van der Waals surface area contributed by atoms with Crippen molar-refractivity contribution in [1.82, 2.24) is 10.2 Å². The van der Waals surface area contributed by atoms with E-state index in [4.69, 9.17) is 10.8 Å². The minimum Gasteiger partial charge on any atom is -0.390 e. The van der Waals surface area contributed by atoms with Gasteiger partial charge in [0.25, 0.3) is 0 Å². The van der Waals surface area contributed by atoms with E-state index in [9.17, 15) is 5.11 Å². The molecule has 1 aliphatic rings. The van der Waals surface area contributed by atoms with Crippen molar-refractivity contribution in [1.29, 1.82) is 0 Å². The maximum Gasteiger partial charge on any atom is 0.102 e. The van der Waals surface area contributed by atoms with Crippen molar-refractivity contribution in [3.8, 4) is 0 Å². The molecular formula is C8H19N3O2. The smallest absolute Gasteiger partial charge is 0.102 e. The zero-order valence-corrected chi connectivity index (χ0v) is 8.03. The van der Waals surface area contributed by atoms with Gasteiger partial charge in [0.1, 0.15) is 5.60 Å². The largest absolute Gasteiger partial charge is 0.390 e. The van der Waals surface area contributed by atoms with E-state index < -0.39 is 11.7 Å². The summed E-state index contributed by atoms with van der Waals surface area (Å²) in [5, 5.41) is 21.9. The predicted octanol–water partition coefficient (Wildman–Crippen LogP) is -2.43. The molecule has 0 aliphatic carbocycles. The molecule has 13 heavy (non-hydrogen) atoms. The lowest BCUT2D eigenvalue weighted by atomic mass is 9.95. The fraction of sp³-hybridized carbons (Fsp3) is 1.00. The van der Waals surface area contributed by atoms with Gasteiger partial charge >= 0.3 is 0 Å². The van der Waals surface area contributed by atoms with Gasteiger partial charge in [-0.05, 0) is 7.05 Å². The van der Waals surface area contributed by atoms with E-state index in [1.54, 1.807) is 0 Å². The molecule has 78 valence electrons. The van der Waals surface area contributed by atoms with Crippen LogP contribution >= 0.6 is 0 Å². The summed E-state index contributed by atoms with van der Waals surface area (Å²) < 4.78 is 0. The molecule has 1 aliphatic heterocycles. The van der Waals surface area contributed by atoms with Crippen LogP contribution in [0, 0.1) is 0 Å². The topological polar surface area (TPSA) is 81.8 Å². The van der Waals surface area contributed by atoms with Crippen LogP contribution in [0.25, 0.3) is 0 Å². The summed E-state index contributed by atoms with van der Waals surface area (Å²) in [7, 11) is 1.96. The second-order valence-corrected chi connectivity index (χ2v) is 3.92. The summed E-state index contributed by atoms with van der Waals surface area (Å²) in [5.41, 5.74) is 4.62. The zero-order valence-electron chi connectivity index (χ0n) is 8.03. The highest BCUT2D eigenvalue weighted by molar-refractivity contribution is 4.95. The highest BCUT2D eigenvalue weighted by atomic mass is 16.3. The molecule has 0 amide bonds. The Morgan fingerprint density at radius 2 is 2.23 bits per heavy atom. The van der Waals surface area contributed by atoms with Crippen molar-refractivity contribution in [2.45, 2.75) is 11.7 Å². The minimum absolute atomic E-state index is 0.255. The van der Waals surface area contributed by atoms with Crippen LogP contribution in [0.1, 0.15) is 0 Å². The Balaban J connectivity index is 2.06. The first-order valence-corrected chi connectivity index (χ1v) is 4.55. The van der Waals surface area contributed by atoms with Crippen molar-refractivity contribution in [2.75, 3.05) is 39.8 Å². The number of aliphatic hydroxyl groups is 2. The summed E-state index contributed by atoms with van der Waals surface area (Å²) in [6.07, 6.45) is -0.513. The van der Waals surface area contributed by atoms with Crippen LogP contribution in [0.3, 0.4) is 0 Å². The van der Waals surface area contributed by atoms with Crippen LogP contribution in [0.5, 0.6) is 0 Å². The Morgan fingerprint density at radius 1 is 1.62 bits per heavy atom. The third-order valence-electron chi connectivity index (χ3n) is 2.23. The quantitative estimate of drug-likeness (QED) is 0.387. The lowest BCUT2D eigenvalue weighted by Crippen LogP contribution is -2.64. The number of likely N-dealkylation sites (N-methyl/N-ethyl adjacent to an activating group) is 1. The van der Waals surface area contributed by atoms with E-state index >= 15 is 0 Å². The van der Waals surface area contributed by atoms with Crippen LogP contribution < -0.4 is 11.1 Å². The number of nitrogens with zero attached hydrogens (tertiary/aromatic N) is 1. The van der Waals surface area contributed by atoms with Crippen LogP contribution in [0.15, 0.2) is 0 Å². The van der Waals surface area contributed by atoms with Crippen molar-refractivity contribution < 1.29 is 10.2 Å². The lowest BCUT2D eigenvalue weighted by Gasteiger charge is -2.44. The number of likely N-dealkylation sites (tertiary alicyclic amines) is 1. The van der Waals surface area contributed by atoms with Gasteiger partial charge in [0.05, 0.1) is 6.10 Å². The highest BCUT2D eigenvalue weighted by Crippen LogP contribution is 2.16. The Labute approximate surface area is 78.5 Å². The molecule has 1 saturated heterocycles. The van der Waals surface area contributed by atoms with E-state index in [-0.39, 0.29) is 6.54 Å². The second-order valence-electron chi connectivity index (χ2n) is 3.92. The standard InChI is InChI=1S/C8H19N3O2/c1-11-5-8(13,6-11)4-10-3-7(12)2-9/h7,10,12-13H,2-6,9H2,1H3. The Kier molecular flexibility index (Phi) is 3.63. The minimum atomic E-state index is -0.608. The molecule has 1 atom stereocenters. The summed E-state index contributed by atoms with van der Waals surface area (Å²) >= 11 is 0. The summed E-state index contributed by atoms with van der Waals surface area (Å²) in [6, 6.07) is 0. The number of nitrogens with two attached hydrogens (primary N) is 1. The van der Waals surface area contributed by atoms with Gasteiger partial charge in [0, 0.05) is 32.7 Å². The molecule has 0 aromatic rings. The molecule has 1 heterocycles. The normalized spacial score (nSPS) is 24.0. The molecule has 0 radical (unpaired) electrons. The van der Waals surface area contributed by atoms with Gasteiger partial charge in [0.2, 0.25) is 0 Å². The number of aliphatic hydroxyl groups excluding tert-OH is 1. The predicted molar refractivity (Wildman–Crippen MR) is 50.4 cm³/mol. The summed E-state index contributed by atoms with van der Waals surface area (Å²) in [4.78, 5) is 2.04. The van der Waals surface area contributed by atoms with Gasteiger partial charge in [0.15, 0.2) is 0 Å². The molecule has 0 bridgehead atoms. The van der Waals surface area contributed by atoms with Gasteiger partial charge in [-0.2, -0.15) is 0 Å². The monoisotopic (exact) mass is 189 g/mol. The van der Waals surface area contributed by atoms with Crippen LogP contribution in [0.2, 0.25) is 0 Å². The van der Waals surface area contributed by atoms with Crippen molar-refractivity contribution >= 4 is 0 Å². The third kappa shape index (κ3) is 3.21.